The summed E-state index contributed by atoms with van der Waals surface area (Å²) in [6.45, 7) is 10.5. The Labute approximate surface area is 373 Å². The number of ketones is 2. The standard InChI is InChI=1S/C46H58N6O11S/c1-5-30-21-46(30,43(57)50-64(59,60)32-11-12-32)22-37(54)35-19-31(63-44(58)51-24-28-17-38-39(18-29(28)25-51)62-16-15-61-38)26-52(35)42(56)33(45(2,3)4)20-36(53)40(27-9-7-6-8-10-27)49-41(55)34-23-47-13-14-48-34/h5,13-14,17-18,23,27,30-33,35,40H,1,6-12,15-16,19-22,24-26H2,2-4H3,(H,49,55)(H,50,57)/t30-,31+,33+,35?,40-,46-/m0/s1. The van der Waals surface area contributed by atoms with Crippen LogP contribution >= 0.6 is 0 Å². The third-order valence-electron chi connectivity index (χ3n) is 13.9. The van der Waals surface area contributed by atoms with Crippen LogP contribution in [0.3, 0.4) is 0 Å². The molecule has 8 rings (SSSR count). The highest BCUT2D eigenvalue weighted by atomic mass is 32.2. The van der Waals surface area contributed by atoms with Crippen LogP contribution in [0.2, 0.25) is 0 Å². The van der Waals surface area contributed by atoms with Crippen molar-refractivity contribution >= 4 is 45.4 Å². The van der Waals surface area contributed by atoms with Crippen molar-refractivity contribution < 1.29 is 51.4 Å². The lowest BCUT2D eigenvalue weighted by molar-refractivity contribution is -0.146. The van der Waals surface area contributed by atoms with Gasteiger partial charge in [-0.3, -0.25) is 38.6 Å². The Morgan fingerprint density at radius 3 is 2.23 bits per heavy atom. The van der Waals surface area contributed by atoms with E-state index in [9.17, 15) is 32.4 Å². The molecule has 4 fully saturated rings. The summed E-state index contributed by atoms with van der Waals surface area (Å²) < 4.78 is 45.5. The summed E-state index contributed by atoms with van der Waals surface area (Å²) in [4.78, 5) is 96.3. The van der Waals surface area contributed by atoms with E-state index in [1.54, 1.807) is 0 Å². The van der Waals surface area contributed by atoms with E-state index in [1.165, 1.54) is 34.5 Å². The molecular weight excluding hydrogens is 845 g/mol. The number of ether oxygens (including phenoxy) is 3. The van der Waals surface area contributed by atoms with Crippen LogP contribution in [0.1, 0.15) is 113 Å². The minimum atomic E-state index is -3.92. The average Bonchev–Trinajstić information content (AvgIpc) is 4.17. The molecule has 4 heterocycles. The predicted molar refractivity (Wildman–Crippen MR) is 230 cm³/mol. The molecule has 1 unspecified atom stereocenters. The van der Waals surface area contributed by atoms with Gasteiger partial charge in [-0.2, -0.15) is 0 Å². The van der Waals surface area contributed by atoms with Crippen molar-refractivity contribution in [3.63, 3.8) is 0 Å². The second-order valence-electron chi connectivity index (χ2n) is 19.4. The lowest BCUT2D eigenvalue weighted by atomic mass is 9.74. The maximum atomic E-state index is 15.1. The van der Waals surface area contributed by atoms with Crippen molar-refractivity contribution in [1.82, 2.24) is 29.8 Å². The number of likely N-dealkylation sites (tertiary alicyclic amines) is 1. The Morgan fingerprint density at radius 2 is 1.66 bits per heavy atom. The third-order valence-corrected chi connectivity index (χ3v) is 15.7. The number of hydrogen-bond donors (Lipinski definition) is 2. The number of hydrogen-bond acceptors (Lipinski definition) is 13. The van der Waals surface area contributed by atoms with Crippen LogP contribution in [-0.2, 0) is 47.0 Å². The Balaban J connectivity index is 1.04. The zero-order valence-corrected chi connectivity index (χ0v) is 37.5. The van der Waals surface area contributed by atoms with E-state index in [-0.39, 0.29) is 62.7 Å². The van der Waals surface area contributed by atoms with Crippen molar-refractivity contribution in [3.05, 3.63) is 60.2 Å². The second kappa shape index (κ2) is 17.9. The number of aromatic nitrogens is 2. The summed E-state index contributed by atoms with van der Waals surface area (Å²) in [5, 5.41) is 2.26. The number of sulfonamides is 1. The largest absolute Gasteiger partial charge is 0.486 e. The van der Waals surface area contributed by atoms with Gasteiger partial charge in [-0.25, -0.2) is 18.2 Å². The fraction of sp³-hybridized carbons (Fsp3) is 0.609. The highest BCUT2D eigenvalue weighted by Crippen LogP contribution is 2.57. The average molecular weight is 903 g/mol. The summed E-state index contributed by atoms with van der Waals surface area (Å²) in [5.74, 6) is -3.07. The number of nitrogens with zero attached hydrogens (tertiary/aromatic N) is 4. The minimum Gasteiger partial charge on any atom is -0.486 e. The van der Waals surface area contributed by atoms with Crippen molar-refractivity contribution in [1.29, 1.82) is 0 Å². The minimum absolute atomic E-state index is 0.0597. The van der Waals surface area contributed by atoms with Crippen LogP contribution < -0.4 is 19.5 Å². The summed E-state index contributed by atoms with van der Waals surface area (Å²) in [6.07, 6.45) is 8.74. The topological polar surface area (TPSA) is 221 Å². The van der Waals surface area contributed by atoms with Gasteiger partial charge in [0.25, 0.3) is 5.91 Å². The quantitative estimate of drug-likeness (QED) is 0.237. The molecule has 1 aromatic heterocycles. The number of carbonyl (C=O) groups is 6. The maximum absolute atomic E-state index is 15.1. The first-order valence-electron chi connectivity index (χ1n) is 22.5. The first kappa shape index (κ1) is 45.2. The fourth-order valence-electron chi connectivity index (χ4n) is 9.87. The monoisotopic (exact) mass is 902 g/mol. The third kappa shape index (κ3) is 9.52. The first-order valence-corrected chi connectivity index (χ1v) is 24.0. The molecule has 4 amide bonds. The summed E-state index contributed by atoms with van der Waals surface area (Å²) in [7, 11) is -3.92. The van der Waals surface area contributed by atoms with Crippen LogP contribution in [0.5, 0.6) is 11.5 Å². The van der Waals surface area contributed by atoms with Gasteiger partial charge in [0.05, 0.1) is 35.5 Å². The van der Waals surface area contributed by atoms with E-state index < -0.39 is 85.7 Å². The van der Waals surface area contributed by atoms with E-state index in [1.807, 2.05) is 32.9 Å². The SMILES string of the molecule is C=C[C@H]1C[C@@]1(CC(=O)C1C[C@@H](OC(=O)N2Cc3cc4c(cc3C2)OCCO4)CN1C(=O)[C@@H](CC(=O)[C@@H](NC(=O)c1cnccn1)C1CCCCC1)C(C)(C)C)C(=O)NS(=O)(=O)C1CC1. The number of nitrogens with one attached hydrogen (secondary N) is 2. The van der Waals surface area contributed by atoms with E-state index >= 15 is 4.79 Å². The van der Waals surface area contributed by atoms with Crippen molar-refractivity contribution in [3.8, 4) is 11.5 Å². The summed E-state index contributed by atoms with van der Waals surface area (Å²) >= 11 is 0. The number of benzene rings is 1. The molecule has 3 aliphatic carbocycles. The molecule has 3 aliphatic heterocycles. The Morgan fingerprint density at radius 1 is 0.984 bits per heavy atom. The van der Waals surface area contributed by atoms with Crippen LogP contribution in [-0.4, -0.2) is 107 Å². The molecule has 2 N–H and O–H groups in total. The van der Waals surface area contributed by atoms with Crippen LogP contribution in [0.4, 0.5) is 4.79 Å². The predicted octanol–water partition coefficient (Wildman–Crippen LogP) is 4.43. The van der Waals surface area contributed by atoms with Crippen LogP contribution in [0, 0.1) is 28.6 Å². The molecular formula is C46H58N6O11S. The van der Waals surface area contributed by atoms with Crippen LogP contribution in [0.15, 0.2) is 43.4 Å². The molecule has 0 bridgehead atoms. The molecule has 344 valence electrons. The second-order valence-corrected chi connectivity index (χ2v) is 21.4. The highest BCUT2D eigenvalue weighted by Gasteiger charge is 2.61. The molecule has 0 radical (unpaired) electrons. The molecule has 1 aromatic carbocycles. The molecule has 1 saturated heterocycles. The van der Waals surface area contributed by atoms with Crippen LogP contribution in [0.25, 0.3) is 0 Å². The van der Waals surface area contributed by atoms with Crippen molar-refractivity contribution in [2.24, 2.45) is 28.6 Å². The number of fused-ring (bicyclic) bond motifs is 2. The van der Waals surface area contributed by atoms with Gasteiger partial charge in [-0.1, -0.05) is 46.1 Å². The molecule has 18 heteroatoms. The van der Waals surface area contributed by atoms with E-state index in [0.29, 0.717) is 37.6 Å². The van der Waals surface area contributed by atoms with E-state index in [4.69, 9.17) is 14.2 Å². The van der Waals surface area contributed by atoms with E-state index in [0.717, 1.165) is 43.2 Å². The van der Waals surface area contributed by atoms with Gasteiger partial charge in [-0.15, -0.1) is 6.58 Å². The van der Waals surface area contributed by atoms with Gasteiger partial charge in [-0.05, 0) is 72.6 Å². The summed E-state index contributed by atoms with van der Waals surface area (Å²) in [5.41, 5.74) is -0.389. The molecule has 6 atom stereocenters. The Hall–Kier alpha value is -5.39. The smallest absolute Gasteiger partial charge is 0.410 e. The normalized spacial score (nSPS) is 25.1. The number of rotatable bonds is 15. The fourth-order valence-corrected chi connectivity index (χ4v) is 11.3. The van der Waals surface area contributed by atoms with E-state index in [2.05, 4.69) is 26.6 Å². The van der Waals surface area contributed by atoms with Gasteiger partial charge in [0.1, 0.15) is 25.0 Å². The van der Waals surface area contributed by atoms with Gasteiger partial charge in [0.15, 0.2) is 23.1 Å². The molecule has 3 saturated carbocycles. The Kier molecular flexibility index (Phi) is 12.6. The maximum Gasteiger partial charge on any atom is 0.410 e. The molecule has 17 nitrogen and oxygen atoms in total. The van der Waals surface area contributed by atoms with Gasteiger partial charge < -0.3 is 24.4 Å². The lowest BCUT2D eigenvalue weighted by Crippen LogP contribution is -2.51. The molecule has 64 heavy (non-hydrogen) atoms. The number of amides is 4. The zero-order valence-electron chi connectivity index (χ0n) is 36.7. The molecule has 2 aromatic rings. The number of carbonyl (C=O) groups excluding carboxylic acids is 6. The molecule has 0 spiro atoms. The van der Waals surface area contributed by atoms with Gasteiger partial charge in [0.2, 0.25) is 21.8 Å². The zero-order chi connectivity index (χ0) is 45.6. The number of allylic oxidation sites excluding steroid dienone is 1. The summed E-state index contributed by atoms with van der Waals surface area (Å²) in [6, 6.07) is 1.64. The molecule has 6 aliphatic rings. The van der Waals surface area contributed by atoms with Crippen molar-refractivity contribution in [2.75, 3.05) is 19.8 Å². The first-order chi connectivity index (χ1) is 30.5. The van der Waals surface area contributed by atoms with Gasteiger partial charge in [0, 0.05) is 50.7 Å². The Bertz CT molecular complexity index is 2270. The number of Topliss-reactive ketones (excluding diaryl/α,β-unsaturated/α-hetero) is 2. The highest BCUT2D eigenvalue weighted by molar-refractivity contribution is 7.90. The van der Waals surface area contributed by atoms with Crippen molar-refractivity contribution in [2.45, 2.75) is 128 Å². The lowest BCUT2D eigenvalue weighted by Gasteiger charge is -2.36. The van der Waals surface area contributed by atoms with Gasteiger partial charge >= 0.3 is 6.09 Å².